The highest BCUT2D eigenvalue weighted by Gasteiger charge is 2.55. The zero-order valence-electron chi connectivity index (χ0n) is 39.2. The number of carbonyl (C=O) groups excluding carboxylic acids is 4. The number of benzene rings is 3. The highest BCUT2D eigenvalue weighted by Crippen LogP contribution is 2.34. The molecule has 69 heavy (non-hydrogen) atoms. The molecule has 1 aliphatic heterocycles. The van der Waals surface area contributed by atoms with Gasteiger partial charge >= 0.3 is 5.97 Å². The molecular weight excluding hydrogens is 919 g/mol. The lowest BCUT2D eigenvalue weighted by atomic mass is 9.88. The van der Waals surface area contributed by atoms with E-state index in [0.29, 0.717) is 114 Å². The Morgan fingerprint density at radius 2 is 1.22 bits per heavy atom. The number of aliphatic hydroxyl groups is 3. The van der Waals surface area contributed by atoms with Crippen LogP contribution >= 0.6 is 11.8 Å². The summed E-state index contributed by atoms with van der Waals surface area (Å²) in [5.74, 6) is -4.05. The van der Waals surface area contributed by atoms with E-state index in [-0.39, 0.29) is 18.3 Å². The predicted octanol–water partition coefficient (Wildman–Crippen LogP) is 2.49. The maximum atomic E-state index is 12.9. The molecule has 0 radical (unpaired) electrons. The second-order valence-corrected chi connectivity index (χ2v) is 17.1. The van der Waals surface area contributed by atoms with Crippen LogP contribution in [0.5, 0.6) is 0 Å². The molecular formula is C49H67N3O16S. The van der Waals surface area contributed by atoms with Gasteiger partial charge in [0.15, 0.2) is 5.78 Å². The van der Waals surface area contributed by atoms with Crippen molar-refractivity contribution in [3.8, 4) is 11.1 Å². The Labute approximate surface area is 406 Å². The molecule has 380 valence electrons. The number of carbonyl (C=O) groups is 5. The third-order valence-electron chi connectivity index (χ3n) is 10.7. The summed E-state index contributed by atoms with van der Waals surface area (Å²) < 4.78 is 39.1. The molecule has 0 aliphatic carbocycles. The minimum atomic E-state index is -2.40. The summed E-state index contributed by atoms with van der Waals surface area (Å²) in [6.07, 6.45) is -6.48. The highest BCUT2D eigenvalue weighted by molar-refractivity contribution is 7.99. The zero-order chi connectivity index (χ0) is 49.9. The van der Waals surface area contributed by atoms with Crippen LogP contribution in [-0.2, 0) is 42.7 Å². The molecule has 0 unspecified atom stereocenters. The Morgan fingerprint density at radius 3 is 1.78 bits per heavy atom. The molecule has 0 aromatic heterocycles. The van der Waals surface area contributed by atoms with E-state index in [1.54, 1.807) is 67.2 Å². The monoisotopic (exact) mass is 985 g/mol. The molecule has 3 amide bonds. The van der Waals surface area contributed by atoms with Gasteiger partial charge in [-0.2, -0.15) is 11.8 Å². The normalized spacial score (nSPS) is 18.8. The van der Waals surface area contributed by atoms with Gasteiger partial charge in [0.2, 0.25) is 5.91 Å². The lowest BCUT2D eigenvalue weighted by molar-refractivity contribution is -0.310. The first-order chi connectivity index (χ1) is 33.3. The average molecular weight is 986 g/mol. The van der Waals surface area contributed by atoms with E-state index >= 15 is 0 Å². The second kappa shape index (κ2) is 31.4. The van der Waals surface area contributed by atoms with Gasteiger partial charge < -0.3 is 69.5 Å². The van der Waals surface area contributed by atoms with Crippen molar-refractivity contribution >= 4 is 41.2 Å². The Morgan fingerprint density at radius 1 is 0.696 bits per heavy atom. The standard InChI is InChI=1S/C49H67N3O16S/c1-3-40(54)37-12-16-38(17-13-37)46(58)50-18-20-62-21-22-63-23-24-64-25-26-65-27-28-66-29-31-69-30-7-19-67-49(48(60)61)32-41(55)43(52-34(2)53)45(68-49)44(57)42(56)33-51-47(59)39-14-10-36(11-15-39)35-8-5-4-6-9-35/h4-6,8-17,41-45,55-57H,3,7,18-33H2,1-2H3,(H,50,58)(H,51,59)(H,52,53)(H,60,61)/t41-,42+,43+,44+,45+,49+/m0/s1. The number of aliphatic carboxylic acids is 1. The number of ether oxygens (including phenoxy) is 7. The smallest absolute Gasteiger partial charge is 0.364 e. The first-order valence-corrected chi connectivity index (χ1v) is 24.2. The molecule has 0 spiro atoms. The van der Waals surface area contributed by atoms with Gasteiger partial charge in [-0.05, 0) is 47.6 Å². The number of Topliss-reactive ketones (excluding diaryl/α,β-unsaturated/α-hetero) is 1. The maximum Gasteiger partial charge on any atom is 0.364 e. The zero-order valence-corrected chi connectivity index (χ0v) is 40.0. The number of nitrogens with one attached hydrogen (secondary N) is 3. The summed E-state index contributed by atoms with van der Waals surface area (Å²) in [5, 5.41) is 51.2. The van der Waals surface area contributed by atoms with Crippen molar-refractivity contribution in [1.82, 2.24) is 16.0 Å². The van der Waals surface area contributed by atoms with Gasteiger partial charge in [-0.25, -0.2) is 4.79 Å². The van der Waals surface area contributed by atoms with Gasteiger partial charge in [0.25, 0.3) is 17.6 Å². The number of ketones is 1. The SMILES string of the molecule is CCC(=O)c1ccc(C(=O)NCCOCCOCCOCCOCCOCCSCCCO[C@]2(C(=O)O)C[C@H](O)[C@@H](NC(C)=O)[C@H]([C@H](O)[C@H](O)CNC(=O)c3ccc(-c4ccccc4)cc3)O2)cc1. The fourth-order valence-electron chi connectivity index (χ4n) is 6.98. The Kier molecular flexibility index (Phi) is 25.8. The molecule has 3 aromatic carbocycles. The number of carboxylic acid groups (broad SMARTS) is 1. The molecule has 7 N–H and O–H groups in total. The van der Waals surface area contributed by atoms with E-state index in [4.69, 9.17) is 33.2 Å². The largest absolute Gasteiger partial charge is 0.477 e. The predicted molar refractivity (Wildman–Crippen MR) is 255 cm³/mol. The molecule has 6 atom stereocenters. The quantitative estimate of drug-likeness (QED) is 0.0335. The number of aliphatic hydroxyl groups excluding tert-OH is 3. The Balaban J connectivity index is 1.01. The van der Waals surface area contributed by atoms with E-state index < -0.39 is 67.0 Å². The minimum absolute atomic E-state index is 0.0292. The van der Waals surface area contributed by atoms with Crippen molar-refractivity contribution in [3.05, 3.63) is 95.6 Å². The highest BCUT2D eigenvalue weighted by atomic mass is 32.2. The molecule has 20 heteroatoms. The first-order valence-electron chi connectivity index (χ1n) is 23.0. The summed E-state index contributed by atoms with van der Waals surface area (Å²) in [5.41, 5.74) is 3.23. The van der Waals surface area contributed by atoms with Crippen LogP contribution in [-0.4, -0.2) is 183 Å². The summed E-state index contributed by atoms with van der Waals surface area (Å²) in [6, 6.07) is 21.6. The molecule has 3 aromatic rings. The van der Waals surface area contributed by atoms with Crippen molar-refractivity contribution in [2.45, 2.75) is 69.4 Å². The number of thioether (sulfide) groups is 1. The summed E-state index contributed by atoms with van der Waals surface area (Å²) in [4.78, 5) is 61.5. The fraction of sp³-hybridized carbons (Fsp3) is 0.531. The third-order valence-corrected chi connectivity index (χ3v) is 11.7. The van der Waals surface area contributed by atoms with Crippen LogP contribution in [0.1, 0.15) is 64.2 Å². The van der Waals surface area contributed by atoms with Gasteiger partial charge in [0, 0.05) is 55.3 Å². The van der Waals surface area contributed by atoms with Crippen molar-refractivity contribution in [1.29, 1.82) is 0 Å². The Hall–Kier alpha value is -4.84. The number of amides is 3. The fourth-order valence-corrected chi connectivity index (χ4v) is 7.75. The van der Waals surface area contributed by atoms with Crippen molar-refractivity contribution in [3.63, 3.8) is 0 Å². The molecule has 0 saturated carbocycles. The summed E-state index contributed by atoms with van der Waals surface area (Å²) in [7, 11) is 0. The van der Waals surface area contributed by atoms with Gasteiger partial charge in [-0.3, -0.25) is 19.2 Å². The number of rotatable bonds is 34. The van der Waals surface area contributed by atoms with E-state index in [2.05, 4.69) is 16.0 Å². The Bertz CT molecular complexity index is 2000. The van der Waals surface area contributed by atoms with Crippen LogP contribution in [0.2, 0.25) is 0 Å². The lowest BCUT2D eigenvalue weighted by Crippen LogP contribution is -2.68. The van der Waals surface area contributed by atoms with E-state index in [9.17, 15) is 44.4 Å². The van der Waals surface area contributed by atoms with E-state index in [1.807, 2.05) is 30.3 Å². The van der Waals surface area contributed by atoms with Crippen LogP contribution in [0, 0.1) is 0 Å². The topological polar surface area (TPSA) is 267 Å². The molecule has 1 heterocycles. The van der Waals surface area contributed by atoms with Gasteiger partial charge in [0.1, 0.15) is 12.2 Å². The first kappa shape index (κ1) is 56.7. The second-order valence-electron chi connectivity index (χ2n) is 15.8. The molecule has 0 bridgehead atoms. The molecule has 1 saturated heterocycles. The van der Waals surface area contributed by atoms with Crippen molar-refractivity contribution < 1.29 is 77.6 Å². The van der Waals surface area contributed by atoms with Gasteiger partial charge in [0.05, 0.1) is 90.9 Å². The van der Waals surface area contributed by atoms with Gasteiger partial charge in [-0.15, -0.1) is 0 Å². The summed E-state index contributed by atoms with van der Waals surface area (Å²) in [6.45, 7) is 6.69. The number of carboxylic acids is 1. The molecule has 4 rings (SSSR count). The molecule has 1 aliphatic rings. The average Bonchev–Trinajstić information content (AvgIpc) is 3.36. The van der Waals surface area contributed by atoms with Crippen LogP contribution in [0.4, 0.5) is 0 Å². The van der Waals surface area contributed by atoms with Crippen LogP contribution in [0.25, 0.3) is 11.1 Å². The van der Waals surface area contributed by atoms with E-state index in [0.717, 1.165) is 11.1 Å². The molecule has 19 nitrogen and oxygen atoms in total. The third kappa shape index (κ3) is 19.8. The maximum absolute atomic E-state index is 12.9. The van der Waals surface area contributed by atoms with Crippen LogP contribution < -0.4 is 16.0 Å². The van der Waals surface area contributed by atoms with Crippen molar-refractivity contribution in [2.24, 2.45) is 0 Å². The number of hydrogen-bond donors (Lipinski definition) is 7. The molecule has 1 fully saturated rings. The number of hydrogen-bond acceptors (Lipinski definition) is 16. The van der Waals surface area contributed by atoms with Crippen LogP contribution in [0.15, 0.2) is 78.9 Å². The van der Waals surface area contributed by atoms with E-state index in [1.165, 1.54) is 6.92 Å². The van der Waals surface area contributed by atoms with Gasteiger partial charge in [-0.1, -0.05) is 61.5 Å². The van der Waals surface area contributed by atoms with Crippen molar-refractivity contribution in [2.75, 3.05) is 97.3 Å². The van der Waals surface area contributed by atoms with Crippen LogP contribution in [0.3, 0.4) is 0 Å². The minimum Gasteiger partial charge on any atom is -0.477 e. The lowest BCUT2D eigenvalue weighted by Gasteiger charge is -2.46. The summed E-state index contributed by atoms with van der Waals surface area (Å²) >= 11 is 1.56.